The van der Waals surface area contributed by atoms with E-state index >= 15 is 0 Å². The fourth-order valence-corrected chi connectivity index (χ4v) is 2.15. The molecule has 0 amide bonds. The van der Waals surface area contributed by atoms with Crippen molar-refractivity contribution < 1.29 is 66.1 Å². The number of benzene rings is 2. The molecule has 0 N–H and O–H groups in total. The van der Waals surface area contributed by atoms with Gasteiger partial charge in [-0.05, 0) is 28.8 Å². The normalized spacial score (nSPS) is 11.4. The monoisotopic (exact) mass is 262 g/mol. The van der Waals surface area contributed by atoms with Gasteiger partial charge in [-0.25, -0.2) is 0 Å². The van der Waals surface area contributed by atoms with Gasteiger partial charge in [0.15, 0.2) is 5.78 Å². The van der Waals surface area contributed by atoms with Crippen molar-refractivity contribution in [2.45, 2.75) is 0 Å². The minimum absolute atomic E-state index is 0. The Kier molecular flexibility index (Phi) is 3.84. The first kappa shape index (κ1) is 13.6. The van der Waals surface area contributed by atoms with Crippen LogP contribution in [-0.4, -0.2) is 11.8 Å². The Hall–Kier alpha value is -0.784. The summed E-state index contributed by atoms with van der Waals surface area (Å²) in [5, 5.41) is 10.8. The molecule has 0 unspecified atom stereocenters. The van der Waals surface area contributed by atoms with Crippen LogP contribution in [0.1, 0.15) is 26.3 Å². The molecule has 1 aliphatic carbocycles. The molecule has 2 aromatic carbocycles. The van der Waals surface area contributed by atoms with Crippen LogP contribution < -0.4 is 56.5 Å². The molecule has 0 heterocycles. The molecular weight excluding hydrogens is 255 g/mol. The van der Waals surface area contributed by atoms with Crippen molar-refractivity contribution >= 4 is 11.8 Å². The summed E-state index contributed by atoms with van der Waals surface area (Å²) >= 11 is 0. The molecule has 1 aliphatic rings. The van der Waals surface area contributed by atoms with Crippen molar-refractivity contribution in [1.29, 1.82) is 0 Å². The summed E-state index contributed by atoms with van der Waals surface area (Å²) in [5.41, 5.74) is 2.73. The standard InChI is InChI=1S/C14H8O3.K/c15-13-10-4-2-1-3-9(10)12-7-8(14(16)17)5-6-11(12)13;/h1-7H,(H,16,17);/q;+1/p-1. The minimum atomic E-state index is -1.23. The van der Waals surface area contributed by atoms with Gasteiger partial charge in [-0.1, -0.05) is 30.3 Å². The molecule has 18 heavy (non-hydrogen) atoms. The second kappa shape index (κ2) is 5.07. The van der Waals surface area contributed by atoms with E-state index < -0.39 is 5.97 Å². The van der Waals surface area contributed by atoms with Gasteiger partial charge in [0, 0.05) is 11.1 Å². The molecule has 0 aromatic heterocycles. The van der Waals surface area contributed by atoms with Gasteiger partial charge in [0.05, 0.1) is 5.97 Å². The van der Waals surface area contributed by atoms with Crippen LogP contribution in [-0.2, 0) is 0 Å². The molecule has 82 valence electrons. The summed E-state index contributed by atoms with van der Waals surface area (Å²) in [4.78, 5) is 22.8. The van der Waals surface area contributed by atoms with Gasteiger partial charge < -0.3 is 9.90 Å². The van der Waals surface area contributed by atoms with Crippen LogP contribution in [0.2, 0.25) is 0 Å². The number of fused-ring (bicyclic) bond motifs is 3. The Bertz CT molecular complexity index is 662. The molecular formula is C14H7KO3. The van der Waals surface area contributed by atoms with Gasteiger partial charge in [-0.2, -0.15) is 0 Å². The van der Waals surface area contributed by atoms with Crippen LogP contribution in [0.3, 0.4) is 0 Å². The molecule has 0 spiro atoms. The molecule has 0 radical (unpaired) electrons. The van der Waals surface area contributed by atoms with Gasteiger partial charge >= 0.3 is 51.4 Å². The number of rotatable bonds is 1. The predicted molar refractivity (Wildman–Crippen MR) is 59.6 cm³/mol. The number of aromatic carboxylic acids is 1. The van der Waals surface area contributed by atoms with Crippen molar-refractivity contribution in [1.82, 2.24) is 0 Å². The Morgan fingerprint density at radius 1 is 0.889 bits per heavy atom. The maximum Gasteiger partial charge on any atom is 1.00 e. The molecule has 4 heteroatoms. The largest absolute Gasteiger partial charge is 1.00 e. The van der Waals surface area contributed by atoms with Gasteiger partial charge in [0.1, 0.15) is 0 Å². The zero-order valence-corrected chi connectivity index (χ0v) is 12.9. The molecule has 0 saturated carbocycles. The predicted octanol–water partition coefficient (Wildman–Crippen LogP) is -1.73. The Labute approximate surface area is 146 Å². The summed E-state index contributed by atoms with van der Waals surface area (Å²) in [6, 6.07) is 11.6. The van der Waals surface area contributed by atoms with E-state index in [0.717, 1.165) is 5.56 Å². The van der Waals surface area contributed by atoms with E-state index in [9.17, 15) is 14.7 Å². The SMILES string of the molecule is O=C([O-])c1ccc2c(c1)-c1ccccc1C2=O.[K+]. The Balaban J connectivity index is 0.00000120. The van der Waals surface area contributed by atoms with Crippen LogP contribution in [0.15, 0.2) is 42.5 Å². The Morgan fingerprint density at radius 2 is 1.50 bits per heavy atom. The molecule has 0 bridgehead atoms. The zero-order chi connectivity index (χ0) is 12.0. The molecule has 0 aliphatic heterocycles. The summed E-state index contributed by atoms with van der Waals surface area (Å²) in [5.74, 6) is -1.29. The topological polar surface area (TPSA) is 57.2 Å². The molecule has 0 fully saturated rings. The van der Waals surface area contributed by atoms with Gasteiger partial charge in [-0.3, -0.25) is 4.79 Å². The number of carboxylic acid groups (broad SMARTS) is 1. The van der Waals surface area contributed by atoms with Gasteiger partial charge in [0.2, 0.25) is 0 Å². The average Bonchev–Trinajstić information content (AvgIpc) is 2.64. The number of hydrogen-bond donors (Lipinski definition) is 0. The van der Waals surface area contributed by atoms with Crippen LogP contribution in [0.5, 0.6) is 0 Å². The van der Waals surface area contributed by atoms with Crippen LogP contribution in [0, 0.1) is 0 Å². The molecule has 0 saturated heterocycles. The summed E-state index contributed by atoms with van der Waals surface area (Å²) < 4.78 is 0. The van der Waals surface area contributed by atoms with E-state index in [0.29, 0.717) is 16.7 Å². The first-order chi connectivity index (χ1) is 8.18. The molecule has 0 atom stereocenters. The van der Waals surface area contributed by atoms with Crippen LogP contribution >= 0.6 is 0 Å². The van der Waals surface area contributed by atoms with E-state index in [4.69, 9.17) is 0 Å². The van der Waals surface area contributed by atoms with Crippen molar-refractivity contribution in [2.24, 2.45) is 0 Å². The fraction of sp³-hybridized carbons (Fsp3) is 0. The van der Waals surface area contributed by atoms with Crippen LogP contribution in [0.25, 0.3) is 11.1 Å². The van der Waals surface area contributed by atoms with Crippen molar-refractivity contribution in [2.75, 3.05) is 0 Å². The average molecular weight is 262 g/mol. The summed E-state index contributed by atoms with van der Waals surface area (Å²) in [7, 11) is 0. The van der Waals surface area contributed by atoms with E-state index in [1.165, 1.54) is 12.1 Å². The summed E-state index contributed by atoms with van der Waals surface area (Å²) in [6.45, 7) is 0. The number of hydrogen-bond acceptors (Lipinski definition) is 3. The third-order valence-electron chi connectivity index (χ3n) is 2.96. The molecule has 2 aromatic rings. The maximum absolute atomic E-state index is 12.0. The van der Waals surface area contributed by atoms with E-state index in [2.05, 4.69) is 0 Å². The Morgan fingerprint density at radius 3 is 2.17 bits per heavy atom. The van der Waals surface area contributed by atoms with Crippen molar-refractivity contribution in [3.8, 4) is 11.1 Å². The van der Waals surface area contributed by atoms with E-state index in [1.807, 2.05) is 12.1 Å². The van der Waals surface area contributed by atoms with Gasteiger partial charge in [0.25, 0.3) is 0 Å². The second-order valence-electron chi connectivity index (χ2n) is 3.92. The first-order valence-electron chi connectivity index (χ1n) is 5.18. The second-order valence-corrected chi connectivity index (χ2v) is 3.92. The van der Waals surface area contributed by atoms with Gasteiger partial charge in [-0.15, -0.1) is 0 Å². The third-order valence-corrected chi connectivity index (χ3v) is 2.96. The fourth-order valence-electron chi connectivity index (χ4n) is 2.15. The number of carboxylic acids is 1. The van der Waals surface area contributed by atoms with Crippen molar-refractivity contribution in [3.05, 3.63) is 59.2 Å². The number of carbonyl (C=O) groups excluding carboxylic acids is 2. The maximum atomic E-state index is 12.0. The first-order valence-corrected chi connectivity index (χ1v) is 5.18. The van der Waals surface area contributed by atoms with E-state index in [-0.39, 0.29) is 62.7 Å². The summed E-state index contributed by atoms with van der Waals surface area (Å²) in [6.07, 6.45) is 0. The number of ketones is 1. The minimum Gasteiger partial charge on any atom is -0.545 e. The zero-order valence-electron chi connectivity index (χ0n) is 9.77. The number of carbonyl (C=O) groups is 2. The smallest absolute Gasteiger partial charge is 0.545 e. The quantitative estimate of drug-likeness (QED) is 0.490. The molecule has 3 nitrogen and oxygen atoms in total. The van der Waals surface area contributed by atoms with E-state index in [1.54, 1.807) is 18.2 Å². The van der Waals surface area contributed by atoms with Crippen molar-refractivity contribution in [3.63, 3.8) is 0 Å². The van der Waals surface area contributed by atoms with Crippen LogP contribution in [0.4, 0.5) is 0 Å². The molecule has 3 rings (SSSR count). The third kappa shape index (κ3) is 2.00.